The number of rotatable bonds is 5. The van der Waals surface area contributed by atoms with E-state index < -0.39 is 4.92 Å². The van der Waals surface area contributed by atoms with Gasteiger partial charge in [0.15, 0.2) is 0 Å². The van der Waals surface area contributed by atoms with Crippen LogP contribution in [-0.2, 0) is 6.42 Å². The van der Waals surface area contributed by atoms with Crippen molar-refractivity contribution in [2.24, 2.45) is 0 Å². The highest BCUT2D eigenvalue weighted by Crippen LogP contribution is 2.22. The van der Waals surface area contributed by atoms with Crippen molar-refractivity contribution in [2.75, 3.05) is 11.9 Å². The molecule has 0 spiro atoms. The smallest absolute Gasteiger partial charge is 0.269 e. The van der Waals surface area contributed by atoms with Crippen molar-refractivity contribution in [3.8, 4) is 6.07 Å². The van der Waals surface area contributed by atoms with Crippen LogP contribution in [0.2, 0.25) is 5.02 Å². The van der Waals surface area contributed by atoms with Gasteiger partial charge in [-0.1, -0.05) is 23.7 Å². The Balaban J connectivity index is 1.95. The molecule has 2 aromatic carbocycles. The molecule has 0 unspecified atom stereocenters. The van der Waals surface area contributed by atoms with Crippen molar-refractivity contribution in [3.63, 3.8) is 0 Å². The number of nitro benzene ring substituents is 1. The van der Waals surface area contributed by atoms with Crippen molar-refractivity contribution in [3.05, 3.63) is 68.7 Å². The molecule has 0 amide bonds. The molecule has 1 N–H and O–H groups in total. The molecule has 106 valence electrons. The number of nitrogens with one attached hydrogen (secondary N) is 1. The summed E-state index contributed by atoms with van der Waals surface area (Å²) >= 11 is 6.04. The fraction of sp³-hybridized carbons (Fsp3) is 0.133. The molecule has 0 radical (unpaired) electrons. The first-order valence-electron chi connectivity index (χ1n) is 6.27. The third kappa shape index (κ3) is 3.94. The van der Waals surface area contributed by atoms with Gasteiger partial charge >= 0.3 is 0 Å². The van der Waals surface area contributed by atoms with Crippen molar-refractivity contribution < 1.29 is 4.92 Å². The molecule has 0 aliphatic carbocycles. The summed E-state index contributed by atoms with van der Waals surface area (Å²) in [6.45, 7) is 0.617. The Morgan fingerprint density at radius 2 is 1.95 bits per heavy atom. The second kappa shape index (κ2) is 6.73. The van der Waals surface area contributed by atoms with E-state index in [2.05, 4.69) is 11.4 Å². The summed E-state index contributed by atoms with van der Waals surface area (Å²) in [7, 11) is 0. The second-order valence-electron chi connectivity index (χ2n) is 4.41. The van der Waals surface area contributed by atoms with Gasteiger partial charge in [-0.25, -0.2) is 0 Å². The molecule has 0 aliphatic heterocycles. The number of nitrogens with zero attached hydrogens (tertiary/aromatic N) is 2. The van der Waals surface area contributed by atoms with Crippen molar-refractivity contribution in [1.82, 2.24) is 0 Å². The number of halogens is 1. The normalized spacial score (nSPS) is 9.90. The van der Waals surface area contributed by atoms with Gasteiger partial charge in [-0.3, -0.25) is 10.1 Å². The highest BCUT2D eigenvalue weighted by molar-refractivity contribution is 6.33. The maximum Gasteiger partial charge on any atom is 0.269 e. The van der Waals surface area contributed by atoms with Crippen molar-refractivity contribution in [2.45, 2.75) is 6.42 Å². The Morgan fingerprint density at radius 3 is 2.57 bits per heavy atom. The maximum atomic E-state index is 10.6. The van der Waals surface area contributed by atoms with E-state index in [4.69, 9.17) is 16.9 Å². The predicted molar refractivity (Wildman–Crippen MR) is 81.5 cm³/mol. The molecule has 0 aromatic heterocycles. The lowest BCUT2D eigenvalue weighted by molar-refractivity contribution is -0.384. The molecule has 2 rings (SSSR count). The van der Waals surface area contributed by atoms with Gasteiger partial charge in [0, 0.05) is 18.7 Å². The highest BCUT2D eigenvalue weighted by Gasteiger charge is 2.05. The molecular formula is C15H12ClN3O2. The summed E-state index contributed by atoms with van der Waals surface area (Å²) in [6.07, 6.45) is 0.700. The van der Waals surface area contributed by atoms with Gasteiger partial charge in [-0.2, -0.15) is 5.26 Å². The molecule has 0 saturated carbocycles. The third-order valence-electron chi connectivity index (χ3n) is 2.97. The molecule has 0 saturated heterocycles. The Labute approximate surface area is 126 Å². The zero-order valence-corrected chi connectivity index (χ0v) is 11.8. The molecule has 6 heteroatoms. The standard InChI is InChI=1S/C15H12ClN3O2/c16-14-6-3-12(10-17)9-15(14)18-8-7-11-1-4-13(5-2-11)19(20)21/h1-6,9,18H,7-8H2. The van der Waals surface area contributed by atoms with Crippen LogP contribution < -0.4 is 5.32 Å². The minimum atomic E-state index is -0.421. The van der Waals surface area contributed by atoms with E-state index in [0.717, 1.165) is 5.56 Å². The van der Waals surface area contributed by atoms with E-state index in [-0.39, 0.29) is 5.69 Å². The first-order chi connectivity index (χ1) is 10.1. The van der Waals surface area contributed by atoms with E-state index in [1.807, 2.05) is 0 Å². The summed E-state index contributed by atoms with van der Waals surface area (Å²) < 4.78 is 0. The largest absolute Gasteiger partial charge is 0.383 e. The number of nitro groups is 1. The fourth-order valence-corrected chi connectivity index (χ4v) is 2.04. The lowest BCUT2D eigenvalue weighted by atomic mass is 10.1. The zero-order valence-electron chi connectivity index (χ0n) is 11.0. The topological polar surface area (TPSA) is 79.0 Å². The monoisotopic (exact) mass is 301 g/mol. The van der Waals surface area contributed by atoms with Crippen LogP contribution in [0.25, 0.3) is 0 Å². The minimum Gasteiger partial charge on any atom is -0.383 e. The van der Waals surface area contributed by atoms with Gasteiger partial charge in [0.05, 0.1) is 27.3 Å². The van der Waals surface area contributed by atoms with Crippen LogP contribution in [0.4, 0.5) is 11.4 Å². The Kier molecular flexibility index (Phi) is 4.75. The number of benzene rings is 2. The number of hydrogen-bond donors (Lipinski definition) is 1. The second-order valence-corrected chi connectivity index (χ2v) is 4.81. The number of non-ortho nitro benzene ring substituents is 1. The molecule has 0 heterocycles. The molecule has 2 aromatic rings. The number of anilines is 1. The summed E-state index contributed by atoms with van der Waals surface area (Å²) in [5, 5.41) is 23.1. The average molecular weight is 302 g/mol. The quantitative estimate of drug-likeness (QED) is 0.673. The van der Waals surface area contributed by atoms with Gasteiger partial charge in [0.25, 0.3) is 5.69 Å². The van der Waals surface area contributed by atoms with Crippen molar-refractivity contribution >= 4 is 23.0 Å². The van der Waals surface area contributed by atoms with E-state index in [1.165, 1.54) is 12.1 Å². The maximum absolute atomic E-state index is 10.6. The first-order valence-corrected chi connectivity index (χ1v) is 6.65. The molecule has 21 heavy (non-hydrogen) atoms. The lowest BCUT2D eigenvalue weighted by Gasteiger charge is -2.08. The van der Waals surface area contributed by atoms with E-state index in [0.29, 0.717) is 29.2 Å². The molecule has 0 bridgehead atoms. The molecule has 5 nitrogen and oxygen atoms in total. The summed E-state index contributed by atoms with van der Waals surface area (Å²) in [4.78, 5) is 10.1. The molecular weight excluding hydrogens is 290 g/mol. The van der Waals surface area contributed by atoms with Gasteiger partial charge in [-0.05, 0) is 30.2 Å². The van der Waals surface area contributed by atoms with Crippen LogP contribution in [0.5, 0.6) is 0 Å². The summed E-state index contributed by atoms with van der Waals surface area (Å²) in [6, 6.07) is 13.5. The average Bonchev–Trinajstić information content (AvgIpc) is 2.49. The minimum absolute atomic E-state index is 0.0801. The van der Waals surface area contributed by atoms with Crippen molar-refractivity contribution in [1.29, 1.82) is 5.26 Å². The number of hydrogen-bond acceptors (Lipinski definition) is 4. The van der Waals surface area contributed by atoms with Gasteiger partial charge in [-0.15, -0.1) is 0 Å². The van der Waals surface area contributed by atoms with E-state index in [1.54, 1.807) is 30.3 Å². The van der Waals surface area contributed by atoms with E-state index >= 15 is 0 Å². The van der Waals surface area contributed by atoms with Crippen LogP contribution in [0.1, 0.15) is 11.1 Å². The summed E-state index contributed by atoms with van der Waals surface area (Å²) in [5.41, 5.74) is 2.31. The van der Waals surface area contributed by atoms with Crippen LogP contribution in [0, 0.1) is 21.4 Å². The fourth-order valence-electron chi connectivity index (χ4n) is 1.86. The van der Waals surface area contributed by atoms with Gasteiger partial charge in [0.2, 0.25) is 0 Å². The molecule has 0 aliphatic rings. The zero-order chi connectivity index (χ0) is 15.2. The van der Waals surface area contributed by atoms with Crippen LogP contribution in [-0.4, -0.2) is 11.5 Å². The van der Waals surface area contributed by atoms with Gasteiger partial charge < -0.3 is 5.32 Å². The lowest BCUT2D eigenvalue weighted by Crippen LogP contribution is -2.05. The summed E-state index contributed by atoms with van der Waals surface area (Å²) in [5.74, 6) is 0. The molecule has 0 atom stereocenters. The van der Waals surface area contributed by atoms with Crippen LogP contribution in [0.15, 0.2) is 42.5 Å². The number of nitriles is 1. The molecule has 0 fully saturated rings. The van der Waals surface area contributed by atoms with Crippen LogP contribution in [0.3, 0.4) is 0 Å². The Hall–Kier alpha value is -2.58. The SMILES string of the molecule is N#Cc1ccc(Cl)c(NCCc2ccc([N+](=O)[O-])cc2)c1. The van der Waals surface area contributed by atoms with Crippen LogP contribution >= 0.6 is 11.6 Å². The highest BCUT2D eigenvalue weighted by atomic mass is 35.5. The predicted octanol–water partition coefficient (Wildman–Crippen LogP) is 3.77. The first kappa shape index (κ1) is 14.8. The van der Waals surface area contributed by atoms with E-state index in [9.17, 15) is 10.1 Å². The third-order valence-corrected chi connectivity index (χ3v) is 3.30. The Bertz CT molecular complexity index is 693. The van der Waals surface area contributed by atoms with Gasteiger partial charge in [0.1, 0.15) is 0 Å². The Morgan fingerprint density at radius 1 is 1.24 bits per heavy atom.